The zero-order chi connectivity index (χ0) is 27.8. The molecule has 1 aliphatic rings. The minimum absolute atomic E-state index is 0.0457. The number of carbonyl (C=O) groups excluding carboxylic acids is 3. The third-order valence-corrected chi connectivity index (χ3v) is 6.87. The fourth-order valence-corrected chi connectivity index (χ4v) is 4.56. The van der Waals surface area contributed by atoms with Crippen molar-refractivity contribution in [2.75, 3.05) is 6.54 Å². The van der Waals surface area contributed by atoms with Crippen LogP contribution in [0.1, 0.15) is 109 Å². The number of aryl methyl sites for hydroxylation is 2. The molecule has 2 rings (SSSR count). The average Bonchev–Trinajstić information content (AvgIpc) is 2.75. The Bertz CT molecular complexity index is 918. The molecule has 2 unspecified atom stereocenters. The van der Waals surface area contributed by atoms with Crippen LogP contribution in [0.15, 0.2) is 18.2 Å². The SMILES string of the molecule is CCCCCNC(=O)C(c1ccc(C)c(C)c1)N(C(=O)C(CC(C)C)NC(=O)OC(C)(C)C)C1CCC1. The summed E-state index contributed by atoms with van der Waals surface area (Å²) in [5.74, 6) is -0.230. The molecule has 0 heterocycles. The molecule has 1 aromatic rings. The lowest BCUT2D eigenvalue weighted by Crippen LogP contribution is -2.57. The lowest BCUT2D eigenvalue weighted by molar-refractivity contribution is -0.147. The summed E-state index contributed by atoms with van der Waals surface area (Å²) in [7, 11) is 0. The molecular formula is C30H49N3O4. The summed E-state index contributed by atoms with van der Waals surface area (Å²) in [5, 5.41) is 5.93. The quantitative estimate of drug-likeness (QED) is 0.336. The Hall–Kier alpha value is -2.57. The van der Waals surface area contributed by atoms with Crippen LogP contribution >= 0.6 is 0 Å². The molecule has 2 atom stereocenters. The molecular weight excluding hydrogens is 466 g/mol. The first-order valence-corrected chi connectivity index (χ1v) is 14.0. The van der Waals surface area contributed by atoms with Crippen LogP contribution < -0.4 is 10.6 Å². The van der Waals surface area contributed by atoms with Crippen molar-refractivity contribution in [3.63, 3.8) is 0 Å². The number of amides is 3. The van der Waals surface area contributed by atoms with Gasteiger partial charge in [-0.25, -0.2) is 4.79 Å². The number of hydrogen-bond acceptors (Lipinski definition) is 4. The highest BCUT2D eigenvalue weighted by molar-refractivity contribution is 5.92. The predicted molar refractivity (Wildman–Crippen MR) is 148 cm³/mol. The molecule has 0 bridgehead atoms. The van der Waals surface area contributed by atoms with Gasteiger partial charge in [-0.15, -0.1) is 0 Å². The highest BCUT2D eigenvalue weighted by Gasteiger charge is 2.42. The van der Waals surface area contributed by atoms with Gasteiger partial charge >= 0.3 is 6.09 Å². The van der Waals surface area contributed by atoms with Gasteiger partial charge in [0.2, 0.25) is 11.8 Å². The molecule has 2 N–H and O–H groups in total. The first kappa shape index (κ1) is 30.7. The molecule has 0 aliphatic heterocycles. The molecule has 1 saturated carbocycles. The van der Waals surface area contributed by atoms with E-state index in [0.29, 0.717) is 13.0 Å². The lowest BCUT2D eigenvalue weighted by atomic mass is 9.87. The summed E-state index contributed by atoms with van der Waals surface area (Å²) >= 11 is 0. The maximum absolute atomic E-state index is 14.2. The Balaban J connectivity index is 2.46. The van der Waals surface area contributed by atoms with Crippen molar-refractivity contribution < 1.29 is 19.1 Å². The van der Waals surface area contributed by atoms with E-state index in [2.05, 4.69) is 17.6 Å². The fraction of sp³-hybridized carbons (Fsp3) is 0.700. The zero-order valence-corrected chi connectivity index (χ0v) is 24.3. The highest BCUT2D eigenvalue weighted by atomic mass is 16.6. The molecule has 1 aromatic carbocycles. The third kappa shape index (κ3) is 9.35. The maximum Gasteiger partial charge on any atom is 0.408 e. The van der Waals surface area contributed by atoms with Crippen LogP contribution in [0, 0.1) is 19.8 Å². The smallest absolute Gasteiger partial charge is 0.408 e. The Labute approximate surface area is 224 Å². The van der Waals surface area contributed by atoms with E-state index in [1.165, 1.54) is 0 Å². The van der Waals surface area contributed by atoms with Gasteiger partial charge < -0.3 is 20.3 Å². The van der Waals surface area contributed by atoms with E-state index < -0.39 is 23.8 Å². The number of unbranched alkanes of at least 4 members (excludes halogenated alkanes) is 2. The topological polar surface area (TPSA) is 87.7 Å². The van der Waals surface area contributed by atoms with Gasteiger partial charge in [-0.05, 0) is 89.3 Å². The van der Waals surface area contributed by atoms with Crippen LogP contribution in [0.25, 0.3) is 0 Å². The summed E-state index contributed by atoms with van der Waals surface area (Å²) in [6.45, 7) is 16.2. The standard InChI is InChI=1S/C30H49N3O4/c1-9-10-11-17-31-27(34)26(23-16-15-21(4)22(5)19-23)33(24-13-12-14-24)28(35)25(18-20(2)3)32-29(36)37-30(6,7)8/h15-16,19-20,24-26H,9-14,17-18H2,1-8H3,(H,31,34)(H,32,36). The first-order chi connectivity index (χ1) is 17.3. The second-order valence-corrected chi connectivity index (χ2v) is 11.9. The van der Waals surface area contributed by atoms with Crippen molar-refractivity contribution in [3.8, 4) is 0 Å². The number of ether oxygens (including phenoxy) is 1. The number of benzene rings is 1. The van der Waals surface area contributed by atoms with Crippen molar-refractivity contribution in [2.24, 2.45) is 5.92 Å². The second kappa shape index (κ2) is 13.8. The highest BCUT2D eigenvalue weighted by Crippen LogP contribution is 2.34. The normalized spacial score (nSPS) is 15.5. The van der Waals surface area contributed by atoms with E-state index in [4.69, 9.17) is 4.74 Å². The fourth-order valence-electron chi connectivity index (χ4n) is 4.56. The lowest BCUT2D eigenvalue weighted by Gasteiger charge is -2.44. The van der Waals surface area contributed by atoms with Gasteiger partial charge in [-0.1, -0.05) is 51.8 Å². The van der Waals surface area contributed by atoms with Crippen molar-refractivity contribution in [1.82, 2.24) is 15.5 Å². The molecule has 7 nitrogen and oxygen atoms in total. The van der Waals surface area contributed by atoms with E-state index in [0.717, 1.165) is 55.2 Å². The van der Waals surface area contributed by atoms with Gasteiger partial charge in [0.15, 0.2) is 0 Å². The molecule has 0 radical (unpaired) electrons. The Kier molecular flexibility index (Phi) is 11.5. The van der Waals surface area contributed by atoms with Gasteiger partial charge in [0, 0.05) is 12.6 Å². The van der Waals surface area contributed by atoms with E-state index >= 15 is 0 Å². The van der Waals surface area contributed by atoms with Crippen LogP contribution in [0.3, 0.4) is 0 Å². The first-order valence-electron chi connectivity index (χ1n) is 14.0. The third-order valence-electron chi connectivity index (χ3n) is 6.87. The van der Waals surface area contributed by atoms with Gasteiger partial charge in [0.1, 0.15) is 17.7 Å². The van der Waals surface area contributed by atoms with Crippen LogP contribution in [0.4, 0.5) is 4.79 Å². The van der Waals surface area contributed by atoms with Crippen LogP contribution in [0.5, 0.6) is 0 Å². The number of nitrogens with zero attached hydrogens (tertiary/aromatic N) is 1. The van der Waals surface area contributed by atoms with Crippen LogP contribution in [0.2, 0.25) is 0 Å². The summed E-state index contributed by atoms with van der Waals surface area (Å²) in [5.41, 5.74) is 2.34. The number of alkyl carbamates (subject to hydrolysis) is 1. The van der Waals surface area contributed by atoms with Crippen LogP contribution in [-0.2, 0) is 14.3 Å². The van der Waals surface area contributed by atoms with Gasteiger partial charge in [0.05, 0.1) is 0 Å². The van der Waals surface area contributed by atoms with E-state index in [1.807, 2.05) is 45.9 Å². The number of carbonyl (C=O) groups is 3. The number of hydrogen-bond donors (Lipinski definition) is 2. The number of rotatable bonds is 12. The minimum Gasteiger partial charge on any atom is -0.444 e. The van der Waals surface area contributed by atoms with Crippen LogP contribution in [-0.4, -0.2) is 47.0 Å². The second-order valence-electron chi connectivity index (χ2n) is 11.9. The predicted octanol–water partition coefficient (Wildman–Crippen LogP) is 5.97. The summed E-state index contributed by atoms with van der Waals surface area (Å²) < 4.78 is 5.48. The van der Waals surface area contributed by atoms with Crippen molar-refractivity contribution in [3.05, 3.63) is 34.9 Å². The summed E-state index contributed by atoms with van der Waals surface area (Å²) in [4.78, 5) is 42.4. The molecule has 7 heteroatoms. The molecule has 1 aliphatic carbocycles. The Morgan fingerprint density at radius 2 is 1.76 bits per heavy atom. The molecule has 0 saturated heterocycles. The average molecular weight is 516 g/mol. The molecule has 1 fully saturated rings. The monoisotopic (exact) mass is 515 g/mol. The zero-order valence-electron chi connectivity index (χ0n) is 24.3. The molecule has 208 valence electrons. The largest absolute Gasteiger partial charge is 0.444 e. The van der Waals surface area contributed by atoms with E-state index in [-0.39, 0.29) is 23.8 Å². The van der Waals surface area contributed by atoms with Crippen molar-refractivity contribution >= 4 is 17.9 Å². The van der Waals surface area contributed by atoms with Crippen molar-refractivity contribution in [2.45, 2.75) is 124 Å². The maximum atomic E-state index is 14.2. The van der Waals surface area contributed by atoms with E-state index in [1.54, 1.807) is 25.7 Å². The molecule has 37 heavy (non-hydrogen) atoms. The van der Waals surface area contributed by atoms with Gasteiger partial charge in [-0.2, -0.15) is 0 Å². The Morgan fingerprint density at radius 3 is 2.27 bits per heavy atom. The molecule has 3 amide bonds. The Morgan fingerprint density at radius 1 is 1.08 bits per heavy atom. The molecule has 0 aromatic heterocycles. The summed E-state index contributed by atoms with van der Waals surface area (Å²) in [6, 6.07) is 4.40. The van der Waals surface area contributed by atoms with E-state index in [9.17, 15) is 14.4 Å². The van der Waals surface area contributed by atoms with Gasteiger partial charge in [-0.3, -0.25) is 9.59 Å². The number of nitrogens with one attached hydrogen (secondary N) is 2. The molecule has 0 spiro atoms. The summed E-state index contributed by atoms with van der Waals surface area (Å²) in [6.07, 6.45) is 5.54. The van der Waals surface area contributed by atoms with Crippen molar-refractivity contribution in [1.29, 1.82) is 0 Å². The van der Waals surface area contributed by atoms with Gasteiger partial charge in [0.25, 0.3) is 0 Å². The minimum atomic E-state index is -0.780.